The molecule has 0 amide bonds. The molecule has 2 aromatic carbocycles. The lowest BCUT2D eigenvalue weighted by Gasteiger charge is -2.13. The summed E-state index contributed by atoms with van der Waals surface area (Å²) in [6, 6.07) is 10.1. The highest BCUT2D eigenvalue weighted by Crippen LogP contribution is 2.34. The molecule has 0 saturated heterocycles. The predicted octanol–water partition coefficient (Wildman–Crippen LogP) is 5.17. The lowest BCUT2D eigenvalue weighted by molar-refractivity contribution is -0.137. The molecule has 0 aromatic heterocycles. The summed E-state index contributed by atoms with van der Waals surface area (Å²) in [5.41, 5.74) is 0.114. The molecule has 19 heavy (non-hydrogen) atoms. The van der Waals surface area contributed by atoms with Crippen LogP contribution in [-0.4, -0.2) is 0 Å². The van der Waals surface area contributed by atoms with Crippen molar-refractivity contribution >= 4 is 11.6 Å². The van der Waals surface area contributed by atoms with Crippen LogP contribution in [0.1, 0.15) is 22.1 Å². The van der Waals surface area contributed by atoms with Crippen molar-refractivity contribution in [1.82, 2.24) is 0 Å². The first-order valence-electron chi connectivity index (χ1n) is 5.44. The number of hydrogen-bond acceptors (Lipinski definition) is 0. The zero-order valence-electron chi connectivity index (χ0n) is 9.59. The first-order chi connectivity index (χ1) is 8.88. The van der Waals surface area contributed by atoms with E-state index in [1.165, 1.54) is 36.4 Å². The van der Waals surface area contributed by atoms with Crippen molar-refractivity contribution in [2.45, 2.75) is 11.6 Å². The average Bonchev–Trinajstić information content (AvgIpc) is 2.38. The van der Waals surface area contributed by atoms with Gasteiger partial charge in [-0.3, -0.25) is 0 Å². The number of rotatable bonds is 2. The lowest BCUT2D eigenvalue weighted by Crippen LogP contribution is -2.06. The molecule has 0 spiro atoms. The molecule has 2 aromatic rings. The Morgan fingerprint density at radius 2 is 1.53 bits per heavy atom. The molecule has 0 aliphatic rings. The normalized spacial score (nSPS) is 13.3. The molecule has 0 bridgehead atoms. The zero-order valence-corrected chi connectivity index (χ0v) is 10.3. The van der Waals surface area contributed by atoms with Gasteiger partial charge in [0.1, 0.15) is 5.82 Å². The SMILES string of the molecule is Fc1ccc(C(Cl)c2cccc(C(F)(F)F)c2)cc1. The van der Waals surface area contributed by atoms with Gasteiger partial charge in [-0.1, -0.05) is 24.3 Å². The summed E-state index contributed by atoms with van der Waals surface area (Å²) in [7, 11) is 0. The van der Waals surface area contributed by atoms with Gasteiger partial charge in [-0.2, -0.15) is 13.2 Å². The zero-order chi connectivity index (χ0) is 14.0. The van der Waals surface area contributed by atoms with E-state index in [9.17, 15) is 17.6 Å². The first kappa shape index (κ1) is 13.9. The summed E-state index contributed by atoms with van der Waals surface area (Å²) in [5.74, 6) is -0.420. The van der Waals surface area contributed by atoms with Gasteiger partial charge >= 0.3 is 6.18 Å². The van der Waals surface area contributed by atoms with Crippen molar-refractivity contribution in [3.63, 3.8) is 0 Å². The van der Waals surface area contributed by atoms with E-state index in [0.29, 0.717) is 11.1 Å². The van der Waals surface area contributed by atoms with Crippen LogP contribution in [0.15, 0.2) is 48.5 Å². The van der Waals surface area contributed by atoms with E-state index in [-0.39, 0.29) is 0 Å². The molecule has 0 aliphatic heterocycles. The van der Waals surface area contributed by atoms with Gasteiger partial charge in [0.25, 0.3) is 0 Å². The smallest absolute Gasteiger partial charge is 0.207 e. The maximum Gasteiger partial charge on any atom is 0.416 e. The Labute approximate surface area is 112 Å². The highest BCUT2D eigenvalue weighted by molar-refractivity contribution is 6.22. The van der Waals surface area contributed by atoms with Crippen molar-refractivity contribution in [2.24, 2.45) is 0 Å². The molecule has 0 saturated carbocycles. The molecule has 1 unspecified atom stereocenters. The van der Waals surface area contributed by atoms with Crippen LogP contribution in [0.5, 0.6) is 0 Å². The second-order valence-electron chi connectivity index (χ2n) is 4.04. The first-order valence-corrected chi connectivity index (χ1v) is 5.88. The van der Waals surface area contributed by atoms with Crippen molar-refractivity contribution in [3.05, 3.63) is 71.0 Å². The Bertz CT molecular complexity index is 560. The van der Waals surface area contributed by atoms with E-state index in [1.807, 2.05) is 0 Å². The number of halogens is 5. The molecule has 0 N–H and O–H groups in total. The second-order valence-corrected chi connectivity index (χ2v) is 4.47. The maximum absolute atomic E-state index is 12.8. The Hall–Kier alpha value is -1.55. The fourth-order valence-corrected chi connectivity index (χ4v) is 1.98. The number of alkyl halides is 4. The van der Waals surface area contributed by atoms with Crippen LogP contribution in [0.2, 0.25) is 0 Å². The van der Waals surface area contributed by atoms with Gasteiger partial charge in [0.15, 0.2) is 0 Å². The van der Waals surface area contributed by atoms with Gasteiger partial charge in [0.05, 0.1) is 10.9 Å². The summed E-state index contributed by atoms with van der Waals surface area (Å²) in [5, 5.41) is -0.747. The highest BCUT2D eigenvalue weighted by atomic mass is 35.5. The van der Waals surface area contributed by atoms with E-state index in [1.54, 1.807) is 0 Å². The van der Waals surface area contributed by atoms with Gasteiger partial charge in [-0.25, -0.2) is 4.39 Å². The Kier molecular flexibility index (Phi) is 3.80. The monoisotopic (exact) mass is 288 g/mol. The molecule has 5 heteroatoms. The van der Waals surface area contributed by atoms with Crippen LogP contribution in [0.3, 0.4) is 0 Å². The molecule has 0 nitrogen and oxygen atoms in total. The minimum Gasteiger partial charge on any atom is -0.207 e. The van der Waals surface area contributed by atoms with E-state index in [2.05, 4.69) is 0 Å². The molecular weight excluding hydrogens is 280 g/mol. The summed E-state index contributed by atoms with van der Waals surface area (Å²) in [6.45, 7) is 0. The highest BCUT2D eigenvalue weighted by Gasteiger charge is 2.30. The van der Waals surface area contributed by atoms with Crippen LogP contribution in [0, 0.1) is 5.82 Å². The van der Waals surface area contributed by atoms with Gasteiger partial charge in [-0.15, -0.1) is 11.6 Å². The molecule has 0 heterocycles. The number of hydrogen-bond donors (Lipinski definition) is 0. The molecule has 1 atom stereocenters. The third-order valence-corrected chi connectivity index (χ3v) is 3.17. The van der Waals surface area contributed by atoms with Crippen molar-refractivity contribution in [1.29, 1.82) is 0 Å². The van der Waals surface area contributed by atoms with E-state index >= 15 is 0 Å². The molecular formula is C14H9ClF4. The molecule has 100 valence electrons. The third-order valence-electron chi connectivity index (χ3n) is 2.67. The summed E-state index contributed by atoms with van der Waals surface area (Å²) >= 11 is 6.12. The van der Waals surface area contributed by atoms with Crippen LogP contribution in [0.4, 0.5) is 17.6 Å². The van der Waals surface area contributed by atoms with E-state index in [4.69, 9.17) is 11.6 Å². The molecule has 2 rings (SSSR count). The topological polar surface area (TPSA) is 0 Å². The van der Waals surface area contributed by atoms with Crippen molar-refractivity contribution < 1.29 is 17.6 Å². The Morgan fingerprint density at radius 3 is 2.11 bits per heavy atom. The summed E-state index contributed by atoms with van der Waals surface area (Å²) in [6.07, 6.45) is -4.41. The van der Waals surface area contributed by atoms with Gasteiger partial charge in [-0.05, 0) is 35.4 Å². The van der Waals surface area contributed by atoms with Crippen molar-refractivity contribution in [2.75, 3.05) is 0 Å². The van der Waals surface area contributed by atoms with Crippen LogP contribution in [0.25, 0.3) is 0 Å². The van der Waals surface area contributed by atoms with Gasteiger partial charge in [0.2, 0.25) is 0 Å². The fourth-order valence-electron chi connectivity index (χ4n) is 1.70. The lowest BCUT2D eigenvalue weighted by atomic mass is 10.0. The Balaban J connectivity index is 2.34. The maximum atomic E-state index is 12.8. The second kappa shape index (κ2) is 5.21. The summed E-state index contributed by atoms with van der Waals surface area (Å²) in [4.78, 5) is 0. The Morgan fingerprint density at radius 1 is 0.895 bits per heavy atom. The van der Waals surface area contributed by atoms with E-state index in [0.717, 1.165) is 12.1 Å². The van der Waals surface area contributed by atoms with Crippen molar-refractivity contribution in [3.8, 4) is 0 Å². The third kappa shape index (κ3) is 3.26. The molecule has 0 radical (unpaired) electrons. The standard InChI is InChI=1S/C14H9ClF4/c15-13(9-4-6-12(16)7-5-9)10-2-1-3-11(8-10)14(17,18)19/h1-8,13H. The minimum atomic E-state index is -4.41. The van der Waals surface area contributed by atoms with Crippen LogP contribution < -0.4 is 0 Å². The van der Waals surface area contributed by atoms with Crippen LogP contribution in [-0.2, 0) is 6.18 Å². The van der Waals surface area contributed by atoms with Crippen LogP contribution >= 0.6 is 11.6 Å². The van der Waals surface area contributed by atoms with Gasteiger partial charge in [0, 0.05) is 0 Å². The average molecular weight is 289 g/mol. The quantitative estimate of drug-likeness (QED) is 0.528. The van der Waals surface area contributed by atoms with Gasteiger partial charge < -0.3 is 0 Å². The largest absolute Gasteiger partial charge is 0.416 e. The van der Waals surface area contributed by atoms with E-state index < -0.39 is 22.9 Å². The summed E-state index contributed by atoms with van der Waals surface area (Å²) < 4.78 is 50.6. The minimum absolute atomic E-state index is 0.322. The predicted molar refractivity (Wildman–Crippen MR) is 65.5 cm³/mol. The molecule has 0 fully saturated rings. The number of benzene rings is 2. The fraction of sp³-hybridized carbons (Fsp3) is 0.143. The molecule has 0 aliphatic carbocycles.